The lowest BCUT2D eigenvalue weighted by Gasteiger charge is -2.45. The second-order valence-corrected chi connectivity index (χ2v) is 10.9. The largest absolute Gasteiger partial charge is 0.350 e. The number of carbonyl (C=O) groups excluding carboxylic acids is 2. The third-order valence-electron chi connectivity index (χ3n) is 7.95. The van der Waals surface area contributed by atoms with Crippen molar-refractivity contribution in [3.63, 3.8) is 0 Å². The lowest BCUT2D eigenvalue weighted by molar-refractivity contribution is -0.141. The molecule has 0 radical (unpaired) electrons. The molecule has 4 fully saturated rings. The lowest BCUT2D eigenvalue weighted by atomic mass is 9.84. The predicted octanol–water partition coefficient (Wildman–Crippen LogP) is 4.31. The molecule has 34 heavy (non-hydrogen) atoms. The molecule has 2 amide bonds. The maximum atomic E-state index is 13.9. The van der Waals surface area contributed by atoms with Crippen LogP contribution in [-0.4, -0.2) is 60.4 Å². The van der Waals surface area contributed by atoms with Gasteiger partial charge in [0, 0.05) is 36.1 Å². The Bertz CT molecular complexity index is 1060. The quantitative estimate of drug-likeness (QED) is 0.617. The number of hydrogen-bond donors (Lipinski definition) is 1. The molecule has 3 saturated heterocycles. The van der Waals surface area contributed by atoms with Gasteiger partial charge >= 0.3 is 0 Å². The van der Waals surface area contributed by atoms with Gasteiger partial charge in [0.25, 0.3) is 0 Å². The number of fused-ring (bicyclic) bond motifs is 3. The zero-order chi connectivity index (χ0) is 23.9. The van der Waals surface area contributed by atoms with Crippen LogP contribution in [0.5, 0.6) is 0 Å². The lowest BCUT2D eigenvalue weighted by Crippen LogP contribution is -2.60. The molecule has 6 rings (SSSR count). The van der Waals surface area contributed by atoms with Gasteiger partial charge in [0.15, 0.2) is 0 Å². The van der Waals surface area contributed by atoms with Crippen molar-refractivity contribution in [1.29, 1.82) is 0 Å². The summed E-state index contributed by atoms with van der Waals surface area (Å²) in [6.45, 7) is 3.14. The Balaban J connectivity index is 1.39. The van der Waals surface area contributed by atoms with Crippen LogP contribution in [0.25, 0.3) is 0 Å². The molecule has 2 aromatic rings. The van der Waals surface area contributed by atoms with E-state index in [2.05, 4.69) is 10.2 Å². The van der Waals surface area contributed by atoms with Crippen LogP contribution in [0.15, 0.2) is 48.5 Å². The fourth-order valence-corrected chi connectivity index (χ4v) is 6.32. The third-order valence-corrected chi connectivity index (χ3v) is 8.50. The van der Waals surface area contributed by atoms with E-state index in [4.69, 9.17) is 23.2 Å². The number of halogens is 2. The van der Waals surface area contributed by atoms with Gasteiger partial charge in [-0.2, -0.15) is 0 Å². The fourth-order valence-electron chi connectivity index (χ4n) is 5.73. The van der Waals surface area contributed by atoms with Crippen LogP contribution < -0.4 is 5.32 Å². The van der Waals surface area contributed by atoms with E-state index >= 15 is 0 Å². The van der Waals surface area contributed by atoms with E-state index in [0.717, 1.165) is 56.4 Å². The number of nitrogens with one attached hydrogen (secondary N) is 1. The molecule has 0 aromatic heterocycles. The monoisotopic (exact) mass is 499 g/mol. The maximum absolute atomic E-state index is 13.9. The molecule has 3 aliphatic heterocycles. The van der Waals surface area contributed by atoms with E-state index in [1.54, 1.807) is 24.1 Å². The molecular formula is C27H31Cl2N3O2. The van der Waals surface area contributed by atoms with Crippen molar-refractivity contribution >= 4 is 35.0 Å². The predicted molar refractivity (Wildman–Crippen MR) is 135 cm³/mol. The second-order valence-electron chi connectivity index (χ2n) is 10.1. The highest BCUT2D eigenvalue weighted by molar-refractivity contribution is 6.35. The average Bonchev–Trinajstić information content (AvgIpc) is 3.65. The Kier molecular flexibility index (Phi) is 6.62. The van der Waals surface area contributed by atoms with E-state index in [-0.39, 0.29) is 17.9 Å². The highest BCUT2D eigenvalue weighted by Gasteiger charge is 2.54. The van der Waals surface area contributed by atoms with Gasteiger partial charge in [-0.1, -0.05) is 59.6 Å². The summed E-state index contributed by atoms with van der Waals surface area (Å²) < 4.78 is 0. The van der Waals surface area contributed by atoms with Gasteiger partial charge in [0.1, 0.15) is 6.04 Å². The summed E-state index contributed by atoms with van der Waals surface area (Å²) in [5, 5.41) is 4.37. The SMILES string of the molecule is CN(C(=O)C1(c2ccc(Cl)cc2Cl)CC1)[C@@H](Cc1ccccc1)C(=O)NC1CN2CCC1CC2. The van der Waals surface area contributed by atoms with Crippen LogP contribution >= 0.6 is 23.2 Å². The van der Waals surface area contributed by atoms with Crippen molar-refractivity contribution < 1.29 is 9.59 Å². The molecule has 2 atom stereocenters. The van der Waals surface area contributed by atoms with Gasteiger partial charge in [-0.3, -0.25) is 9.59 Å². The first-order chi connectivity index (χ1) is 16.4. The van der Waals surface area contributed by atoms with E-state index in [0.29, 0.717) is 22.4 Å². The molecule has 1 saturated carbocycles. The molecule has 1 N–H and O–H groups in total. The number of benzene rings is 2. The molecule has 180 valence electrons. The summed E-state index contributed by atoms with van der Waals surface area (Å²) in [5.74, 6) is 0.396. The maximum Gasteiger partial charge on any atom is 0.243 e. The summed E-state index contributed by atoms with van der Waals surface area (Å²) in [6, 6.07) is 14.8. The van der Waals surface area contributed by atoms with Crippen molar-refractivity contribution in [3.05, 3.63) is 69.7 Å². The van der Waals surface area contributed by atoms with Crippen molar-refractivity contribution in [2.75, 3.05) is 26.7 Å². The summed E-state index contributed by atoms with van der Waals surface area (Å²) in [7, 11) is 1.76. The molecule has 3 heterocycles. The normalized spacial score (nSPS) is 25.4. The van der Waals surface area contributed by atoms with Crippen molar-refractivity contribution in [2.24, 2.45) is 5.92 Å². The summed E-state index contributed by atoms with van der Waals surface area (Å²) in [6.07, 6.45) is 4.16. The highest BCUT2D eigenvalue weighted by atomic mass is 35.5. The van der Waals surface area contributed by atoms with Gasteiger partial charge in [-0.25, -0.2) is 0 Å². The fraction of sp³-hybridized carbons (Fsp3) is 0.481. The third kappa shape index (κ3) is 4.58. The average molecular weight is 500 g/mol. The standard InChI is InChI=1S/C27H31Cl2N3O2/c1-31(26(34)27(11-12-27)21-8-7-20(28)16-22(21)29)24(15-18-5-3-2-4-6-18)25(33)30-23-17-32-13-9-19(23)10-14-32/h2-8,16,19,23-24H,9-15,17H2,1H3,(H,30,33)/t23?,24-/m0/s1. The van der Waals surface area contributed by atoms with Gasteiger partial charge < -0.3 is 15.1 Å². The Morgan fingerprint density at radius 3 is 2.41 bits per heavy atom. The molecular weight excluding hydrogens is 469 g/mol. The number of carbonyl (C=O) groups is 2. The van der Waals surface area contributed by atoms with Crippen molar-refractivity contribution in [1.82, 2.24) is 15.1 Å². The molecule has 4 aliphatic rings. The van der Waals surface area contributed by atoms with Gasteiger partial charge in [-0.05, 0) is 68.0 Å². The van der Waals surface area contributed by atoms with Crippen LogP contribution in [0, 0.1) is 5.92 Å². The number of rotatable bonds is 7. The van der Waals surface area contributed by atoms with Gasteiger partial charge in [0.2, 0.25) is 11.8 Å². The first-order valence-corrected chi connectivity index (χ1v) is 12.9. The molecule has 1 unspecified atom stereocenters. The van der Waals surface area contributed by atoms with Gasteiger partial charge in [-0.15, -0.1) is 0 Å². The zero-order valence-corrected chi connectivity index (χ0v) is 21.0. The Labute approximate surface area is 211 Å². The topological polar surface area (TPSA) is 52.7 Å². The van der Waals surface area contributed by atoms with Crippen LogP contribution in [0.4, 0.5) is 0 Å². The minimum atomic E-state index is -0.679. The van der Waals surface area contributed by atoms with E-state index in [9.17, 15) is 9.59 Å². The van der Waals surface area contributed by atoms with Crippen LogP contribution in [0.2, 0.25) is 10.0 Å². The van der Waals surface area contributed by atoms with Gasteiger partial charge in [0.05, 0.1) is 5.41 Å². The molecule has 1 aliphatic carbocycles. The van der Waals surface area contributed by atoms with E-state index in [1.165, 1.54) is 0 Å². The molecule has 0 spiro atoms. The number of piperidine rings is 3. The zero-order valence-electron chi connectivity index (χ0n) is 19.5. The van der Waals surface area contributed by atoms with Crippen molar-refractivity contribution in [3.8, 4) is 0 Å². The summed E-state index contributed by atoms with van der Waals surface area (Å²) in [5.41, 5.74) is 1.15. The number of hydrogen-bond acceptors (Lipinski definition) is 3. The van der Waals surface area contributed by atoms with Crippen molar-refractivity contribution in [2.45, 2.75) is 49.6 Å². The number of likely N-dealkylation sites (N-methyl/N-ethyl adjacent to an activating group) is 1. The smallest absolute Gasteiger partial charge is 0.243 e. The Hall–Kier alpha value is -2.08. The number of nitrogens with zero attached hydrogens (tertiary/aromatic N) is 2. The molecule has 2 bridgehead atoms. The second kappa shape index (κ2) is 9.52. The Morgan fingerprint density at radius 1 is 1.12 bits per heavy atom. The summed E-state index contributed by atoms with van der Waals surface area (Å²) in [4.78, 5) is 31.6. The van der Waals surface area contributed by atoms with Crippen LogP contribution in [0.3, 0.4) is 0 Å². The minimum absolute atomic E-state index is 0.0540. The molecule has 7 heteroatoms. The van der Waals surface area contributed by atoms with E-state index in [1.807, 2.05) is 36.4 Å². The van der Waals surface area contributed by atoms with E-state index < -0.39 is 11.5 Å². The molecule has 2 aromatic carbocycles. The Morgan fingerprint density at radius 2 is 1.82 bits per heavy atom. The molecule has 5 nitrogen and oxygen atoms in total. The number of amides is 2. The first kappa shape index (κ1) is 23.7. The summed E-state index contributed by atoms with van der Waals surface area (Å²) >= 11 is 12.6. The highest BCUT2D eigenvalue weighted by Crippen LogP contribution is 2.52. The minimum Gasteiger partial charge on any atom is -0.350 e. The van der Waals surface area contributed by atoms with Crippen LogP contribution in [0.1, 0.15) is 36.8 Å². The van der Waals surface area contributed by atoms with Crippen LogP contribution in [-0.2, 0) is 21.4 Å². The first-order valence-electron chi connectivity index (χ1n) is 12.2.